The van der Waals surface area contributed by atoms with E-state index in [4.69, 9.17) is 5.11 Å². The van der Waals surface area contributed by atoms with Crippen LogP contribution in [-0.4, -0.2) is 16.6 Å². The molecular formula is C17H24N2OS. The molecule has 1 heterocycles. The Morgan fingerprint density at radius 3 is 2.38 bits per heavy atom. The van der Waals surface area contributed by atoms with Crippen LogP contribution in [0.2, 0.25) is 0 Å². The molecule has 2 aromatic rings. The summed E-state index contributed by atoms with van der Waals surface area (Å²) in [6.45, 7) is 8.44. The van der Waals surface area contributed by atoms with Gasteiger partial charge in [-0.25, -0.2) is 4.98 Å². The molecule has 0 atom stereocenters. The van der Waals surface area contributed by atoms with E-state index in [1.807, 2.05) is 12.1 Å². The summed E-state index contributed by atoms with van der Waals surface area (Å²) in [5.41, 5.74) is 3.51. The number of aromatic nitrogens is 1. The van der Waals surface area contributed by atoms with Crippen LogP contribution in [-0.2, 0) is 25.0 Å². The van der Waals surface area contributed by atoms with Gasteiger partial charge in [-0.15, -0.1) is 11.3 Å². The largest absolute Gasteiger partial charge is 0.392 e. The molecule has 0 saturated carbocycles. The van der Waals surface area contributed by atoms with Crippen LogP contribution >= 0.6 is 11.3 Å². The zero-order valence-corrected chi connectivity index (χ0v) is 13.8. The van der Waals surface area contributed by atoms with Crippen molar-refractivity contribution in [3.63, 3.8) is 0 Å². The van der Waals surface area contributed by atoms with Gasteiger partial charge >= 0.3 is 0 Å². The molecule has 0 fully saturated rings. The highest BCUT2D eigenvalue weighted by Gasteiger charge is 2.17. The van der Waals surface area contributed by atoms with Crippen molar-refractivity contribution in [2.45, 2.75) is 45.8 Å². The van der Waals surface area contributed by atoms with Gasteiger partial charge in [0.1, 0.15) is 0 Å². The number of hydrogen-bond acceptors (Lipinski definition) is 4. The third kappa shape index (κ3) is 4.92. The van der Waals surface area contributed by atoms with E-state index in [9.17, 15) is 0 Å². The number of nitrogens with zero attached hydrogens (tertiary/aromatic N) is 1. The monoisotopic (exact) mass is 304 g/mol. The number of rotatable bonds is 6. The van der Waals surface area contributed by atoms with Crippen molar-refractivity contribution in [3.05, 3.63) is 51.5 Å². The third-order valence-corrected chi connectivity index (χ3v) is 4.61. The van der Waals surface area contributed by atoms with Gasteiger partial charge in [0, 0.05) is 17.3 Å². The highest BCUT2D eigenvalue weighted by molar-refractivity contribution is 7.09. The molecule has 0 amide bonds. The van der Waals surface area contributed by atoms with Crippen molar-refractivity contribution in [2.24, 2.45) is 0 Å². The number of benzene rings is 1. The number of aliphatic hydroxyl groups is 1. The maximum absolute atomic E-state index is 9.01. The quantitative estimate of drug-likeness (QED) is 0.805. The Morgan fingerprint density at radius 2 is 1.81 bits per heavy atom. The first-order valence-electron chi connectivity index (χ1n) is 7.33. The minimum atomic E-state index is 0.110. The standard InChI is InChI=1S/C17H24N2OS/c1-17(2,3)16-19-15(12-21-16)10-18-9-8-13-4-6-14(11-20)7-5-13/h4-7,12,18,20H,8-11H2,1-3H3. The molecular weight excluding hydrogens is 280 g/mol. The molecule has 0 radical (unpaired) electrons. The predicted molar refractivity (Wildman–Crippen MR) is 88.6 cm³/mol. The van der Waals surface area contributed by atoms with E-state index in [0.29, 0.717) is 0 Å². The molecule has 0 saturated heterocycles. The summed E-state index contributed by atoms with van der Waals surface area (Å²) in [5.74, 6) is 0. The molecule has 0 unspecified atom stereocenters. The van der Waals surface area contributed by atoms with Crippen LogP contribution in [0.15, 0.2) is 29.6 Å². The average Bonchev–Trinajstić information content (AvgIpc) is 2.93. The van der Waals surface area contributed by atoms with E-state index in [1.165, 1.54) is 10.6 Å². The van der Waals surface area contributed by atoms with Crippen LogP contribution in [0.25, 0.3) is 0 Å². The molecule has 0 bridgehead atoms. The van der Waals surface area contributed by atoms with Gasteiger partial charge in [-0.1, -0.05) is 45.0 Å². The van der Waals surface area contributed by atoms with Crippen LogP contribution in [0.3, 0.4) is 0 Å². The van der Waals surface area contributed by atoms with Gasteiger partial charge in [0.15, 0.2) is 0 Å². The van der Waals surface area contributed by atoms with Gasteiger partial charge in [-0.05, 0) is 24.1 Å². The molecule has 2 N–H and O–H groups in total. The Hall–Kier alpha value is -1.23. The Morgan fingerprint density at radius 1 is 1.14 bits per heavy atom. The fourth-order valence-electron chi connectivity index (χ4n) is 1.99. The summed E-state index contributed by atoms with van der Waals surface area (Å²) in [6.07, 6.45) is 0.988. The Balaban J connectivity index is 1.75. The Kier molecular flexibility index (Phi) is 5.51. The van der Waals surface area contributed by atoms with Crippen molar-refractivity contribution in [2.75, 3.05) is 6.54 Å². The lowest BCUT2D eigenvalue weighted by Gasteiger charge is -2.13. The molecule has 1 aromatic heterocycles. The summed E-state index contributed by atoms with van der Waals surface area (Å²) < 4.78 is 0. The van der Waals surface area contributed by atoms with Gasteiger partial charge in [0.05, 0.1) is 17.3 Å². The minimum Gasteiger partial charge on any atom is -0.392 e. The highest BCUT2D eigenvalue weighted by atomic mass is 32.1. The molecule has 0 aliphatic rings. The van der Waals surface area contributed by atoms with Crippen LogP contribution in [0.1, 0.15) is 42.6 Å². The number of aliphatic hydroxyl groups excluding tert-OH is 1. The topological polar surface area (TPSA) is 45.2 Å². The summed E-state index contributed by atoms with van der Waals surface area (Å²) in [4.78, 5) is 4.68. The van der Waals surface area contributed by atoms with E-state index in [0.717, 1.165) is 30.8 Å². The molecule has 0 aliphatic heterocycles. The smallest absolute Gasteiger partial charge is 0.0982 e. The van der Waals surface area contributed by atoms with E-state index in [2.05, 4.69) is 48.6 Å². The molecule has 3 nitrogen and oxygen atoms in total. The average molecular weight is 304 g/mol. The molecule has 0 spiro atoms. The second kappa shape index (κ2) is 7.16. The van der Waals surface area contributed by atoms with Gasteiger partial charge in [0.25, 0.3) is 0 Å². The fraction of sp³-hybridized carbons (Fsp3) is 0.471. The van der Waals surface area contributed by atoms with E-state index in [-0.39, 0.29) is 12.0 Å². The van der Waals surface area contributed by atoms with Crippen LogP contribution < -0.4 is 5.32 Å². The van der Waals surface area contributed by atoms with Gasteiger partial charge in [0.2, 0.25) is 0 Å². The van der Waals surface area contributed by atoms with Gasteiger partial charge in [-0.2, -0.15) is 0 Å². The lowest BCUT2D eigenvalue weighted by molar-refractivity contribution is 0.282. The summed E-state index contributed by atoms with van der Waals surface area (Å²) in [5, 5.41) is 15.8. The first-order chi connectivity index (χ1) is 9.99. The first-order valence-corrected chi connectivity index (χ1v) is 8.21. The SMILES string of the molecule is CC(C)(C)c1nc(CNCCc2ccc(CO)cc2)cs1. The zero-order valence-electron chi connectivity index (χ0n) is 13.0. The van der Waals surface area contributed by atoms with Crippen molar-refractivity contribution < 1.29 is 5.11 Å². The molecule has 4 heteroatoms. The molecule has 21 heavy (non-hydrogen) atoms. The van der Waals surface area contributed by atoms with Crippen LogP contribution in [0.4, 0.5) is 0 Å². The lowest BCUT2D eigenvalue weighted by atomic mass is 9.98. The van der Waals surface area contributed by atoms with Crippen LogP contribution in [0.5, 0.6) is 0 Å². The first kappa shape index (κ1) is 16.1. The molecule has 2 rings (SSSR count). The van der Waals surface area contributed by atoms with Crippen LogP contribution in [0, 0.1) is 0 Å². The maximum atomic E-state index is 9.01. The second-order valence-electron chi connectivity index (χ2n) is 6.30. The number of thiazole rings is 1. The molecule has 0 aliphatic carbocycles. The Bertz CT molecular complexity index is 555. The highest BCUT2D eigenvalue weighted by Crippen LogP contribution is 2.25. The van der Waals surface area contributed by atoms with Gasteiger partial charge < -0.3 is 10.4 Å². The van der Waals surface area contributed by atoms with Gasteiger partial charge in [-0.3, -0.25) is 0 Å². The number of hydrogen-bond donors (Lipinski definition) is 2. The van der Waals surface area contributed by atoms with E-state index >= 15 is 0 Å². The molecule has 114 valence electrons. The lowest BCUT2D eigenvalue weighted by Crippen LogP contribution is -2.17. The second-order valence-corrected chi connectivity index (χ2v) is 7.15. The third-order valence-electron chi connectivity index (χ3n) is 3.30. The summed E-state index contributed by atoms with van der Waals surface area (Å²) in [7, 11) is 0. The fourth-order valence-corrected chi connectivity index (χ4v) is 2.90. The number of nitrogens with one attached hydrogen (secondary N) is 1. The van der Waals surface area contributed by atoms with Crippen molar-refractivity contribution >= 4 is 11.3 Å². The van der Waals surface area contributed by atoms with Crippen molar-refractivity contribution in [3.8, 4) is 0 Å². The normalized spacial score (nSPS) is 11.8. The molecule has 1 aromatic carbocycles. The van der Waals surface area contributed by atoms with Crippen molar-refractivity contribution in [1.29, 1.82) is 0 Å². The Labute approximate surface area is 131 Å². The van der Waals surface area contributed by atoms with E-state index in [1.54, 1.807) is 11.3 Å². The minimum absolute atomic E-state index is 0.110. The van der Waals surface area contributed by atoms with Crippen molar-refractivity contribution in [1.82, 2.24) is 10.3 Å². The zero-order chi connectivity index (χ0) is 15.3. The summed E-state index contributed by atoms with van der Waals surface area (Å²) in [6, 6.07) is 8.11. The maximum Gasteiger partial charge on any atom is 0.0982 e. The predicted octanol–water partition coefficient (Wildman–Crippen LogP) is 3.27. The van der Waals surface area contributed by atoms with E-state index < -0.39 is 0 Å². The summed E-state index contributed by atoms with van der Waals surface area (Å²) >= 11 is 1.74.